The molecule has 2 aromatic carbocycles. The maximum Gasteiger partial charge on any atom is 0.312 e. The second-order valence-electron chi connectivity index (χ2n) is 5.71. The van der Waals surface area contributed by atoms with E-state index in [1.165, 1.54) is 11.3 Å². The zero-order chi connectivity index (χ0) is 15.8. The summed E-state index contributed by atoms with van der Waals surface area (Å²) in [6, 6.07) is 20.4. The molecule has 0 bridgehead atoms. The molecule has 0 saturated carbocycles. The minimum absolute atomic E-state index is 0.470. The fourth-order valence-electron chi connectivity index (χ4n) is 2.60. The number of quaternary nitrogens is 1. The molecule has 0 spiro atoms. The third-order valence-electron chi connectivity index (χ3n) is 4.02. The number of amides is 2. The molecule has 0 saturated heterocycles. The number of hydrogen-bond donors (Lipinski definition) is 2. The van der Waals surface area contributed by atoms with Gasteiger partial charge in [0.1, 0.15) is 12.2 Å². The Kier molecular flexibility index (Phi) is 5.55. The first-order chi connectivity index (χ1) is 10.6. The number of carbonyl (C=O) groups excluding carboxylic acids is 1. The van der Waals surface area contributed by atoms with Gasteiger partial charge in [-0.05, 0) is 17.7 Å². The van der Waals surface area contributed by atoms with Gasteiger partial charge in [0.2, 0.25) is 0 Å². The van der Waals surface area contributed by atoms with Crippen LogP contribution in [0.4, 0.5) is 10.5 Å². The summed E-state index contributed by atoms with van der Waals surface area (Å²) in [5.41, 5.74) is 7.73. The van der Waals surface area contributed by atoms with Crippen LogP contribution < -0.4 is 15.5 Å². The van der Waals surface area contributed by atoms with E-state index in [-0.39, 0.29) is 0 Å². The lowest BCUT2D eigenvalue weighted by Crippen LogP contribution is -2.51. The highest BCUT2D eigenvalue weighted by molar-refractivity contribution is 5.71. The lowest BCUT2D eigenvalue weighted by Gasteiger charge is -2.34. The molecule has 1 unspecified atom stereocenters. The van der Waals surface area contributed by atoms with Gasteiger partial charge >= 0.3 is 6.03 Å². The van der Waals surface area contributed by atoms with E-state index in [1.54, 1.807) is 0 Å². The monoisotopic (exact) mass is 298 g/mol. The molecule has 2 aromatic rings. The van der Waals surface area contributed by atoms with E-state index in [9.17, 15) is 4.79 Å². The van der Waals surface area contributed by atoms with Crippen LogP contribution in [0, 0.1) is 0 Å². The largest absolute Gasteiger partial charge is 0.352 e. The minimum Gasteiger partial charge on any atom is -0.352 e. The Hall–Kier alpha value is -2.33. The molecule has 3 N–H and O–H groups in total. The molecule has 2 rings (SSSR count). The molecule has 0 aliphatic heterocycles. The summed E-state index contributed by atoms with van der Waals surface area (Å²) in [5.74, 6) is 0. The van der Waals surface area contributed by atoms with Crippen molar-refractivity contribution in [3.63, 3.8) is 0 Å². The van der Waals surface area contributed by atoms with Crippen LogP contribution in [0.1, 0.15) is 5.56 Å². The third-order valence-corrected chi connectivity index (χ3v) is 4.02. The molecular weight excluding hydrogens is 274 g/mol. The molecule has 0 radical (unpaired) electrons. The van der Waals surface area contributed by atoms with Gasteiger partial charge < -0.3 is 11.1 Å². The Morgan fingerprint density at radius 2 is 1.59 bits per heavy atom. The number of nitrogens with one attached hydrogen (secondary N) is 1. The number of rotatable bonds is 7. The lowest BCUT2D eigenvalue weighted by molar-refractivity contribution is 0.246. The summed E-state index contributed by atoms with van der Waals surface area (Å²) in [6.07, 6.45) is 0.989. The number of para-hydroxylation sites is 1. The number of carbonyl (C=O) groups is 1. The van der Waals surface area contributed by atoms with E-state index in [0.717, 1.165) is 24.0 Å². The number of primary amides is 1. The molecule has 0 fully saturated rings. The molecular formula is C18H24N3O+. The summed E-state index contributed by atoms with van der Waals surface area (Å²) in [4.78, 5) is 10.9. The first-order valence-corrected chi connectivity index (χ1v) is 7.57. The SMILES string of the molecule is C[N+](CCNC(N)=O)(CCc1ccccc1)c1ccccc1. The zero-order valence-corrected chi connectivity index (χ0v) is 13.0. The summed E-state index contributed by atoms with van der Waals surface area (Å²) in [5, 5.41) is 2.69. The average molecular weight is 298 g/mol. The van der Waals surface area contributed by atoms with Crippen molar-refractivity contribution in [2.75, 3.05) is 26.7 Å². The third kappa shape index (κ3) is 4.60. The van der Waals surface area contributed by atoms with Crippen LogP contribution in [0.5, 0.6) is 0 Å². The summed E-state index contributed by atoms with van der Waals surface area (Å²) in [7, 11) is 2.20. The van der Waals surface area contributed by atoms with Gasteiger partial charge in [-0.2, -0.15) is 0 Å². The van der Waals surface area contributed by atoms with Crippen molar-refractivity contribution < 1.29 is 4.79 Å². The number of urea groups is 1. The first kappa shape index (κ1) is 16.0. The molecule has 4 heteroatoms. The molecule has 0 aromatic heterocycles. The fourth-order valence-corrected chi connectivity index (χ4v) is 2.60. The smallest absolute Gasteiger partial charge is 0.312 e. The van der Waals surface area contributed by atoms with Gasteiger partial charge in [-0.1, -0.05) is 48.5 Å². The van der Waals surface area contributed by atoms with Crippen molar-refractivity contribution in [2.45, 2.75) is 6.42 Å². The Bertz CT molecular complexity index is 586. The second kappa shape index (κ2) is 7.61. The van der Waals surface area contributed by atoms with Gasteiger partial charge in [0.25, 0.3) is 0 Å². The molecule has 0 aliphatic rings. The van der Waals surface area contributed by atoms with Gasteiger partial charge in [-0.15, -0.1) is 0 Å². The lowest BCUT2D eigenvalue weighted by atomic mass is 10.1. The summed E-state index contributed by atoms with van der Waals surface area (Å²) in [6.45, 7) is 2.34. The van der Waals surface area contributed by atoms with E-state index in [1.807, 2.05) is 12.1 Å². The van der Waals surface area contributed by atoms with Gasteiger partial charge in [-0.25, -0.2) is 4.79 Å². The van der Waals surface area contributed by atoms with Crippen molar-refractivity contribution in [2.24, 2.45) is 5.73 Å². The Labute approximate surface area is 132 Å². The Balaban J connectivity index is 2.08. The highest BCUT2D eigenvalue weighted by Crippen LogP contribution is 2.21. The quantitative estimate of drug-likeness (QED) is 0.758. The number of benzene rings is 2. The molecule has 22 heavy (non-hydrogen) atoms. The first-order valence-electron chi connectivity index (χ1n) is 7.57. The van der Waals surface area contributed by atoms with Gasteiger partial charge in [0.15, 0.2) is 0 Å². The van der Waals surface area contributed by atoms with Crippen LogP contribution in [0.15, 0.2) is 60.7 Å². The van der Waals surface area contributed by atoms with E-state index in [2.05, 4.69) is 60.9 Å². The van der Waals surface area contributed by atoms with Crippen molar-refractivity contribution in [3.8, 4) is 0 Å². The van der Waals surface area contributed by atoms with Crippen LogP contribution in [0.2, 0.25) is 0 Å². The molecule has 116 valence electrons. The number of nitrogens with two attached hydrogens (primary N) is 1. The van der Waals surface area contributed by atoms with Crippen molar-refractivity contribution in [1.29, 1.82) is 0 Å². The van der Waals surface area contributed by atoms with Crippen LogP contribution >= 0.6 is 0 Å². The van der Waals surface area contributed by atoms with Gasteiger partial charge in [0.05, 0.1) is 20.1 Å². The maximum atomic E-state index is 10.9. The molecule has 1 atom stereocenters. The van der Waals surface area contributed by atoms with E-state index < -0.39 is 6.03 Å². The van der Waals surface area contributed by atoms with Gasteiger partial charge in [-0.3, -0.25) is 4.48 Å². The highest BCUT2D eigenvalue weighted by Gasteiger charge is 2.24. The molecule has 0 aliphatic carbocycles. The predicted molar refractivity (Wildman–Crippen MR) is 91.6 cm³/mol. The van der Waals surface area contributed by atoms with Crippen LogP contribution in [-0.2, 0) is 6.42 Å². The van der Waals surface area contributed by atoms with E-state index >= 15 is 0 Å². The maximum absolute atomic E-state index is 10.9. The van der Waals surface area contributed by atoms with Gasteiger partial charge in [0, 0.05) is 6.42 Å². The fraction of sp³-hybridized carbons (Fsp3) is 0.278. The number of likely N-dealkylation sites (N-methyl/N-ethyl adjacent to an activating group) is 1. The Morgan fingerprint density at radius 1 is 1.00 bits per heavy atom. The Morgan fingerprint density at radius 3 is 2.18 bits per heavy atom. The van der Waals surface area contributed by atoms with Crippen LogP contribution in [0.3, 0.4) is 0 Å². The number of nitrogens with zero attached hydrogens (tertiary/aromatic N) is 1. The highest BCUT2D eigenvalue weighted by atomic mass is 16.2. The van der Waals surface area contributed by atoms with Crippen LogP contribution in [-0.4, -0.2) is 32.7 Å². The van der Waals surface area contributed by atoms with Crippen molar-refractivity contribution in [3.05, 3.63) is 66.2 Å². The molecule has 0 heterocycles. The topological polar surface area (TPSA) is 55.1 Å². The van der Waals surface area contributed by atoms with E-state index in [4.69, 9.17) is 5.73 Å². The summed E-state index contributed by atoms with van der Waals surface area (Å²) >= 11 is 0. The number of hydrogen-bond acceptors (Lipinski definition) is 1. The molecule has 2 amide bonds. The van der Waals surface area contributed by atoms with Crippen LogP contribution in [0.25, 0.3) is 0 Å². The summed E-state index contributed by atoms with van der Waals surface area (Å²) < 4.78 is 0.760. The average Bonchev–Trinajstić information content (AvgIpc) is 2.54. The van der Waals surface area contributed by atoms with Crippen molar-refractivity contribution in [1.82, 2.24) is 9.80 Å². The van der Waals surface area contributed by atoms with Crippen molar-refractivity contribution >= 4 is 11.7 Å². The second-order valence-corrected chi connectivity index (χ2v) is 5.71. The minimum atomic E-state index is -0.470. The predicted octanol–water partition coefficient (Wildman–Crippen LogP) is 2.53. The zero-order valence-electron chi connectivity index (χ0n) is 13.0. The standard InChI is InChI=1S/C18H23N3O/c1-21(15-13-20-18(19)22,17-10-6-3-7-11-17)14-12-16-8-4-2-5-9-16/h2-11H,12-15H2,1H3,(H2-,19,20,22)/p+1. The normalized spacial score (nSPS) is 13.3. The molecule has 4 nitrogen and oxygen atoms in total. The van der Waals surface area contributed by atoms with E-state index in [0.29, 0.717) is 6.54 Å².